The molecule has 0 unspecified atom stereocenters. The lowest BCUT2D eigenvalue weighted by Gasteiger charge is -2.35. The predicted octanol–water partition coefficient (Wildman–Crippen LogP) is 2.29. The van der Waals surface area contributed by atoms with Crippen LogP contribution in [0.5, 0.6) is 5.75 Å². The Kier molecular flexibility index (Phi) is 2.23. The van der Waals surface area contributed by atoms with Gasteiger partial charge in [-0.25, -0.2) is 0 Å². The molecule has 0 aliphatic carbocycles. The minimum atomic E-state index is -0.167. The molecule has 2 nitrogen and oxygen atoms in total. The van der Waals surface area contributed by atoms with Crippen LogP contribution in [0.25, 0.3) is 0 Å². The first-order valence-electron chi connectivity index (χ1n) is 5.09. The Labute approximate surface area is 85.1 Å². The van der Waals surface area contributed by atoms with Crippen molar-refractivity contribution in [2.24, 2.45) is 5.73 Å². The molecule has 1 aromatic carbocycles. The van der Waals surface area contributed by atoms with E-state index in [4.69, 9.17) is 10.5 Å². The van der Waals surface area contributed by atoms with Crippen LogP contribution in [0, 0.1) is 0 Å². The molecule has 1 heterocycles. The second kappa shape index (κ2) is 3.28. The van der Waals surface area contributed by atoms with Gasteiger partial charge < -0.3 is 10.5 Å². The Morgan fingerprint density at radius 3 is 2.79 bits per heavy atom. The van der Waals surface area contributed by atoms with Gasteiger partial charge in [0.05, 0.1) is 6.61 Å². The quantitative estimate of drug-likeness (QED) is 0.739. The van der Waals surface area contributed by atoms with Gasteiger partial charge in [0.15, 0.2) is 0 Å². The molecule has 2 heteroatoms. The SMILES string of the molecule is CC(C)(N)[C@@H]1CCOc2ccccc21. The van der Waals surface area contributed by atoms with Gasteiger partial charge in [-0.05, 0) is 31.9 Å². The van der Waals surface area contributed by atoms with Crippen molar-refractivity contribution in [3.63, 3.8) is 0 Å². The first-order valence-corrected chi connectivity index (χ1v) is 5.09. The number of nitrogens with two attached hydrogens (primary N) is 1. The summed E-state index contributed by atoms with van der Waals surface area (Å²) in [5.74, 6) is 1.41. The highest BCUT2D eigenvalue weighted by atomic mass is 16.5. The lowest BCUT2D eigenvalue weighted by molar-refractivity contribution is 0.233. The van der Waals surface area contributed by atoms with Crippen molar-refractivity contribution in [1.29, 1.82) is 0 Å². The van der Waals surface area contributed by atoms with E-state index in [1.54, 1.807) is 0 Å². The predicted molar refractivity (Wildman–Crippen MR) is 57.6 cm³/mol. The van der Waals surface area contributed by atoms with Gasteiger partial charge in [0.1, 0.15) is 5.75 Å². The van der Waals surface area contributed by atoms with Crippen LogP contribution in [-0.2, 0) is 0 Å². The third kappa shape index (κ3) is 1.62. The molecule has 0 radical (unpaired) electrons. The number of ether oxygens (including phenoxy) is 1. The van der Waals surface area contributed by atoms with E-state index in [1.807, 2.05) is 18.2 Å². The maximum atomic E-state index is 6.17. The molecule has 0 saturated carbocycles. The molecule has 1 aliphatic rings. The summed E-state index contributed by atoms with van der Waals surface area (Å²) >= 11 is 0. The number of fused-ring (bicyclic) bond motifs is 1. The first kappa shape index (κ1) is 9.53. The molecule has 0 fully saturated rings. The number of hydrogen-bond acceptors (Lipinski definition) is 2. The van der Waals surface area contributed by atoms with Gasteiger partial charge in [-0.3, -0.25) is 0 Å². The standard InChI is InChI=1S/C12H17NO/c1-12(2,13)10-7-8-14-11-6-4-3-5-9(10)11/h3-6,10H,7-8,13H2,1-2H3/t10-/m1/s1. The van der Waals surface area contributed by atoms with Crippen LogP contribution in [0.2, 0.25) is 0 Å². The Morgan fingerprint density at radius 2 is 2.07 bits per heavy atom. The topological polar surface area (TPSA) is 35.2 Å². The van der Waals surface area contributed by atoms with Crippen molar-refractivity contribution in [3.8, 4) is 5.75 Å². The van der Waals surface area contributed by atoms with E-state index >= 15 is 0 Å². The summed E-state index contributed by atoms with van der Waals surface area (Å²) in [6.07, 6.45) is 1.01. The summed E-state index contributed by atoms with van der Waals surface area (Å²) < 4.78 is 5.59. The zero-order valence-electron chi connectivity index (χ0n) is 8.79. The average Bonchev–Trinajstić information content (AvgIpc) is 2.15. The number of rotatable bonds is 1. The fourth-order valence-corrected chi connectivity index (χ4v) is 2.11. The number of para-hydroxylation sites is 1. The summed E-state index contributed by atoms with van der Waals surface area (Å²) in [5, 5.41) is 0. The highest BCUT2D eigenvalue weighted by Gasteiger charge is 2.31. The van der Waals surface area contributed by atoms with Gasteiger partial charge in [-0.15, -0.1) is 0 Å². The van der Waals surface area contributed by atoms with Crippen LogP contribution in [0.3, 0.4) is 0 Å². The van der Waals surface area contributed by atoms with Crippen LogP contribution in [0.1, 0.15) is 31.7 Å². The molecule has 0 bridgehead atoms. The van der Waals surface area contributed by atoms with E-state index in [9.17, 15) is 0 Å². The molecule has 0 saturated heterocycles. The third-order valence-corrected chi connectivity index (χ3v) is 2.86. The monoisotopic (exact) mass is 191 g/mol. The van der Waals surface area contributed by atoms with E-state index in [-0.39, 0.29) is 5.54 Å². The Bertz CT molecular complexity index is 327. The minimum absolute atomic E-state index is 0.167. The highest BCUT2D eigenvalue weighted by molar-refractivity contribution is 5.39. The minimum Gasteiger partial charge on any atom is -0.493 e. The lowest BCUT2D eigenvalue weighted by Crippen LogP contribution is -2.41. The molecular formula is C12H17NO. The fourth-order valence-electron chi connectivity index (χ4n) is 2.11. The summed E-state index contributed by atoms with van der Waals surface area (Å²) in [7, 11) is 0. The summed E-state index contributed by atoms with van der Waals surface area (Å²) in [6, 6.07) is 8.19. The van der Waals surface area contributed by atoms with Crippen LogP contribution >= 0.6 is 0 Å². The summed E-state index contributed by atoms with van der Waals surface area (Å²) in [6.45, 7) is 4.95. The maximum Gasteiger partial charge on any atom is 0.122 e. The summed E-state index contributed by atoms with van der Waals surface area (Å²) in [5.41, 5.74) is 7.26. The normalized spacial score (nSPS) is 21.2. The van der Waals surface area contributed by atoms with E-state index in [1.165, 1.54) is 5.56 Å². The molecule has 2 N–H and O–H groups in total. The van der Waals surface area contributed by atoms with Crippen molar-refractivity contribution >= 4 is 0 Å². The highest BCUT2D eigenvalue weighted by Crippen LogP contribution is 2.38. The molecule has 1 aliphatic heterocycles. The molecule has 0 amide bonds. The molecule has 2 rings (SSSR count). The molecule has 14 heavy (non-hydrogen) atoms. The van der Waals surface area contributed by atoms with Crippen molar-refractivity contribution in [2.45, 2.75) is 31.7 Å². The van der Waals surface area contributed by atoms with E-state index < -0.39 is 0 Å². The van der Waals surface area contributed by atoms with Gasteiger partial charge in [0.2, 0.25) is 0 Å². The van der Waals surface area contributed by atoms with Crippen molar-refractivity contribution < 1.29 is 4.74 Å². The zero-order chi connectivity index (χ0) is 10.2. The summed E-state index contributed by atoms with van der Waals surface area (Å²) in [4.78, 5) is 0. The van der Waals surface area contributed by atoms with Gasteiger partial charge in [0.25, 0.3) is 0 Å². The first-order chi connectivity index (χ1) is 6.59. The molecule has 1 atom stereocenters. The van der Waals surface area contributed by atoms with Gasteiger partial charge >= 0.3 is 0 Å². The van der Waals surface area contributed by atoms with E-state index in [2.05, 4.69) is 19.9 Å². The molecule has 1 aromatic rings. The Hall–Kier alpha value is -1.02. The zero-order valence-corrected chi connectivity index (χ0v) is 8.79. The van der Waals surface area contributed by atoms with Crippen LogP contribution in [-0.4, -0.2) is 12.1 Å². The Balaban J connectivity index is 2.41. The second-order valence-electron chi connectivity index (χ2n) is 4.55. The van der Waals surface area contributed by atoms with Crippen LogP contribution in [0.4, 0.5) is 0 Å². The molecule has 76 valence electrons. The smallest absolute Gasteiger partial charge is 0.122 e. The van der Waals surface area contributed by atoms with Crippen molar-refractivity contribution in [3.05, 3.63) is 29.8 Å². The van der Waals surface area contributed by atoms with Gasteiger partial charge in [-0.1, -0.05) is 18.2 Å². The molecular weight excluding hydrogens is 174 g/mol. The van der Waals surface area contributed by atoms with Gasteiger partial charge in [0, 0.05) is 11.5 Å². The second-order valence-corrected chi connectivity index (χ2v) is 4.55. The lowest BCUT2D eigenvalue weighted by atomic mass is 9.79. The van der Waals surface area contributed by atoms with E-state index in [0.29, 0.717) is 5.92 Å². The number of hydrogen-bond donors (Lipinski definition) is 1. The fraction of sp³-hybridized carbons (Fsp3) is 0.500. The van der Waals surface area contributed by atoms with Crippen LogP contribution in [0.15, 0.2) is 24.3 Å². The largest absolute Gasteiger partial charge is 0.493 e. The van der Waals surface area contributed by atoms with Crippen molar-refractivity contribution in [2.75, 3.05) is 6.61 Å². The molecule has 0 aromatic heterocycles. The van der Waals surface area contributed by atoms with E-state index in [0.717, 1.165) is 18.8 Å². The van der Waals surface area contributed by atoms with Crippen LogP contribution < -0.4 is 10.5 Å². The Morgan fingerprint density at radius 1 is 1.36 bits per heavy atom. The van der Waals surface area contributed by atoms with Gasteiger partial charge in [-0.2, -0.15) is 0 Å². The molecule has 0 spiro atoms. The maximum absolute atomic E-state index is 6.17. The van der Waals surface area contributed by atoms with Crippen molar-refractivity contribution in [1.82, 2.24) is 0 Å². The third-order valence-electron chi connectivity index (χ3n) is 2.86. The average molecular weight is 191 g/mol. The number of benzene rings is 1.